The van der Waals surface area contributed by atoms with Gasteiger partial charge in [-0.15, -0.1) is 0 Å². The van der Waals surface area contributed by atoms with E-state index in [0.717, 1.165) is 57.8 Å². The smallest absolute Gasteiger partial charge is 0.136 e. The van der Waals surface area contributed by atoms with Crippen LogP contribution < -0.4 is 5.11 Å². The van der Waals surface area contributed by atoms with Gasteiger partial charge in [0.2, 0.25) is 0 Å². The quantitative estimate of drug-likeness (QED) is 0.414. The van der Waals surface area contributed by atoms with Crippen LogP contribution in [0.4, 0.5) is 0 Å². The summed E-state index contributed by atoms with van der Waals surface area (Å²) in [6.07, 6.45) is 13.7. The second-order valence-corrected chi connectivity index (χ2v) is 7.05. The zero-order valence-corrected chi connectivity index (χ0v) is 15.0. The molecule has 0 bridgehead atoms. The average molecular weight is 337 g/mol. The molecule has 0 aromatic carbocycles. The van der Waals surface area contributed by atoms with Crippen molar-refractivity contribution < 1.29 is 19.8 Å². The first-order valence-corrected chi connectivity index (χ1v) is 9.63. The van der Waals surface area contributed by atoms with Crippen LogP contribution in [-0.4, -0.2) is 23.0 Å². The molecule has 24 heavy (non-hydrogen) atoms. The SMILES string of the molecule is CCCCC[C@H](O)/C=C/[C@H]1CCC(=O)[C@H]1CCCCCCC(=O)[O-]. The second-order valence-electron chi connectivity index (χ2n) is 7.05. The van der Waals surface area contributed by atoms with Gasteiger partial charge in [0, 0.05) is 18.3 Å². The molecule has 0 heterocycles. The standard InChI is InChI=1S/C20H34O4/c1-2-3-6-9-17(21)14-12-16-13-15-19(22)18(16)10-7-4-5-8-11-20(23)24/h12,14,16-18,21H,2-11,13,15H2,1H3,(H,23,24)/p-1/b14-12+/t16-,17-,18-/m0/s1. The van der Waals surface area contributed by atoms with Crippen LogP contribution in [0.5, 0.6) is 0 Å². The zero-order valence-electron chi connectivity index (χ0n) is 15.0. The number of hydrogen-bond donors (Lipinski definition) is 1. The predicted octanol–water partition coefficient (Wildman–Crippen LogP) is 3.17. The molecule has 4 nitrogen and oxygen atoms in total. The summed E-state index contributed by atoms with van der Waals surface area (Å²) in [5, 5.41) is 20.3. The Balaban J connectivity index is 2.28. The number of hydrogen-bond acceptors (Lipinski definition) is 4. The van der Waals surface area contributed by atoms with E-state index in [-0.39, 0.29) is 18.3 Å². The molecule has 0 aromatic rings. The summed E-state index contributed by atoms with van der Waals surface area (Å²) in [6, 6.07) is 0. The van der Waals surface area contributed by atoms with Gasteiger partial charge in [-0.2, -0.15) is 0 Å². The molecule has 1 fully saturated rings. The number of carbonyl (C=O) groups is 2. The van der Waals surface area contributed by atoms with Crippen LogP contribution in [0.3, 0.4) is 0 Å². The van der Waals surface area contributed by atoms with Crippen LogP contribution in [0, 0.1) is 11.8 Å². The number of ketones is 1. The van der Waals surface area contributed by atoms with E-state index in [1.54, 1.807) is 0 Å². The number of aliphatic carboxylic acids is 1. The van der Waals surface area contributed by atoms with E-state index in [2.05, 4.69) is 13.0 Å². The van der Waals surface area contributed by atoms with Crippen molar-refractivity contribution in [1.82, 2.24) is 0 Å². The lowest BCUT2D eigenvalue weighted by molar-refractivity contribution is -0.305. The number of aliphatic hydroxyl groups is 1. The summed E-state index contributed by atoms with van der Waals surface area (Å²) in [5.74, 6) is -0.282. The highest BCUT2D eigenvalue weighted by Gasteiger charge is 2.32. The minimum absolute atomic E-state index is 0.0882. The predicted molar refractivity (Wildman–Crippen MR) is 93.2 cm³/mol. The molecule has 1 saturated carbocycles. The average Bonchev–Trinajstić information content (AvgIpc) is 2.89. The van der Waals surface area contributed by atoms with Gasteiger partial charge >= 0.3 is 0 Å². The molecule has 138 valence electrons. The fraction of sp³-hybridized carbons (Fsp3) is 0.800. The summed E-state index contributed by atoms with van der Waals surface area (Å²) in [6.45, 7) is 2.15. The van der Waals surface area contributed by atoms with E-state index in [1.807, 2.05) is 6.08 Å². The summed E-state index contributed by atoms with van der Waals surface area (Å²) in [7, 11) is 0. The van der Waals surface area contributed by atoms with Gasteiger partial charge in [-0.25, -0.2) is 0 Å². The Morgan fingerprint density at radius 2 is 2.00 bits per heavy atom. The number of Topliss-reactive ketones (excluding diaryl/α,β-unsaturated/α-hetero) is 1. The third-order valence-corrected chi connectivity index (χ3v) is 4.98. The number of carboxylic acid groups (broad SMARTS) is 1. The van der Waals surface area contributed by atoms with Gasteiger partial charge in [0.1, 0.15) is 5.78 Å². The summed E-state index contributed by atoms with van der Waals surface area (Å²) < 4.78 is 0. The molecule has 1 N–H and O–H groups in total. The van der Waals surface area contributed by atoms with E-state index >= 15 is 0 Å². The Morgan fingerprint density at radius 1 is 1.25 bits per heavy atom. The van der Waals surface area contributed by atoms with Gasteiger partial charge < -0.3 is 15.0 Å². The monoisotopic (exact) mass is 337 g/mol. The molecule has 0 spiro atoms. The van der Waals surface area contributed by atoms with Crippen molar-refractivity contribution in [3.8, 4) is 0 Å². The molecular formula is C20H33O4-. The first-order chi connectivity index (χ1) is 11.5. The maximum Gasteiger partial charge on any atom is 0.136 e. The number of rotatable bonds is 13. The molecule has 0 amide bonds. The maximum absolute atomic E-state index is 12.1. The van der Waals surface area contributed by atoms with Gasteiger partial charge in [0.25, 0.3) is 0 Å². The highest BCUT2D eigenvalue weighted by atomic mass is 16.4. The fourth-order valence-electron chi connectivity index (χ4n) is 3.50. The number of allylic oxidation sites excluding steroid dienone is 1. The largest absolute Gasteiger partial charge is 0.550 e. The molecule has 0 radical (unpaired) electrons. The van der Waals surface area contributed by atoms with Gasteiger partial charge in [0.05, 0.1) is 6.10 Å². The molecule has 0 aromatic heterocycles. The first-order valence-electron chi connectivity index (χ1n) is 9.63. The lowest BCUT2D eigenvalue weighted by Gasteiger charge is -2.15. The van der Waals surface area contributed by atoms with Crippen LogP contribution >= 0.6 is 0 Å². The summed E-state index contributed by atoms with van der Waals surface area (Å²) in [4.78, 5) is 22.4. The molecule has 4 heteroatoms. The van der Waals surface area contributed by atoms with Crippen LogP contribution in [0.1, 0.15) is 84.0 Å². The van der Waals surface area contributed by atoms with E-state index < -0.39 is 12.1 Å². The van der Waals surface area contributed by atoms with Crippen LogP contribution in [0.2, 0.25) is 0 Å². The Morgan fingerprint density at radius 3 is 2.71 bits per heavy atom. The minimum atomic E-state index is -0.983. The van der Waals surface area contributed by atoms with Crippen molar-refractivity contribution in [2.24, 2.45) is 11.8 Å². The van der Waals surface area contributed by atoms with E-state index in [0.29, 0.717) is 18.6 Å². The highest BCUT2D eigenvalue weighted by Crippen LogP contribution is 2.34. The molecule has 1 aliphatic rings. The molecular weight excluding hydrogens is 304 g/mol. The lowest BCUT2D eigenvalue weighted by atomic mass is 9.89. The van der Waals surface area contributed by atoms with Crippen molar-refractivity contribution in [3.05, 3.63) is 12.2 Å². The zero-order chi connectivity index (χ0) is 17.8. The molecule has 0 unspecified atom stereocenters. The third kappa shape index (κ3) is 8.62. The lowest BCUT2D eigenvalue weighted by Crippen LogP contribution is -2.21. The minimum Gasteiger partial charge on any atom is -0.550 e. The normalized spacial score (nSPS) is 22.3. The highest BCUT2D eigenvalue weighted by molar-refractivity contribution is 5.83. The van der Waals surface area contributed by atoms with Gasteiger partial charge in [0.15, 0.2) is 0 Å². The molecule has 3 atom stereocenters. The fourth-order valence-corrected chi connectivity index (χ4v) is 3.50. The van der Waals surface area contributed by atoms with Crippen molar-refractivity contribution in [2.45, 2.75) is 90.1 Å². The van der Waals surface area contributed by atoms with Crippen molar-refractivity contribution >= 4 is 11.8 Å². The number of aliphatic hydroxyl groups excluding tert-OH is 1. The van der Waals surface area contributed by atoms with E-state index in [1.165, 1.54) is 0 Å². The molecule has 0 aliphatic heterocycles. The first kappa shape index (κ1) is 20.9. The summed E-state index contributed by atoms with van der Waals surface area (Å²) >= 11 is 0. The van der Waals surface area contributed by atoms with Gasteiger partial charge in [-0.1, -0.05) is 57.6 Å². The topological polar surface area (TPSA) is 77.4 Å². The second kappa shape index (κ2) is 12.2. The molecule has 1 aliphatic carbocycles. The summed E-state index contributed by atoms with van der Waals surface area (Å²) in [5.41, 5.74) is 0. The van der Waals surface area contributed by atoms with Gasteiger partial charge in [-0.3, -0.25) is 4.79 Å². The Hall–Kier alpha value is -1.16. The van der Waals surface area contributed by atoms with Crippen molar-refractivity contribution in [3.63, 3.8) is 0 Å². The van der Waals surface area contributed by atoms with Crippen LogP contribution in [0.15, 0.2) is 12.2 Å². The van der Waals surface area contributed by atoms with E-state index in [9.17, 15) is 19.8 Å². The third-order valence-electron chi connectivity index (χ3n) is 4.98. The Labute approximate surface area is 146 Å². The Kier molecular flexibility index (Phi) is 10.6. The number of unbranched alkanes of at least 4 members (excludes halogenated alkanes) is 5. The number of carbonyl (C=O) groups excluding carboxylic acids is 2. The maximum atomic E-state index is 12.1. The molecule has 0 saturated heterocycles. The van der Waals surface area contributed by atoms with Crippen molar-refractivity contribution in [2.75, 3.05) is 0 Å². The van der Waals surface area contributed by atoms with Crippen LogP contribution in [-0.2, 0) is 9.59 Å². The van der Waals surface area contributed by atoms with Crippen LogP contribution in [0.25, 0.3) is 0 Å². The number of carboxylic acids is 1. The Bertz CT molecular complexity index is 402. The molecule has 1 rings (SSSR count). The van der Waals surface area contributed by atoms with Crippen molar-refractivity contribution in [1.29, 1.82) is 0 Å². The van der Waals surface area contributed by atoms with Gasteiger partial charge in [-0.05, 0) is 38.0 Å². The van der Waals surface area contributed by atoms with E-state index in [4.69, 9.17) is 0 Å².